The minimum Gasteiger partial charge on any atom is -0.462 e. The minimum atomic E-state index is -0.587. The van der Waals surface area contributed by atoms with Crippen molar-refractivity contribution in [1.29, 1.82) is 0 Å². The molecule has 0 aromatic carbocycles. The van der Waals surface area contributed by atoms with Crippen LogP contribution in [0.1, 0.15) is 52.0 Å². The largest absolute Gasteiger partial charge is 0.462 e. The summed E-state index contributed by atoms with van der Waals surface area (Å²) in [7, 11) is 0. The Labute approximate surface area is 176 Å². The summed E-state index contributed by atoms with van der Waals surface area (Å²) in [5.41, 5.74) is 6.48. The second kappa shape index (κ2) is 10.6. The molecule has 0 spiro atoms. The number of fused-ring (bicyclic) bond motifs is 1. The van der Waals surface area contributed by atoms with Crippen LogP contribution in [-0.2, 0) is 14.2 Å². The molecule has 0 aliphatic heterocycles. The summed E-state index contributed by atoms with van der Waals surface area (Å²) in [5, 5.41) is 0. The van der Waals surface area contributed by atoms with Gasteiger partial charge >= 0.3 is 17.9 Å². The molecule has 0 bridgehead atoms. The third-order valence-electron chi connectivity index (χ3n) is 3.86. The van der Waals surface area contributed by atoms with E-state index in [2.05, 4.69) is 19.9 Å². The molecule has 31 heavy (non-hydrogen) atoms. The van der Waals surface area contributed by atoms with Crippen LogP contribution in [-0.4, -0.2) is 57.7 Å². The predicted molar refractivity (Wildman–Crippen MR) is 110 cm³/mol. The average Bonchev–Trinajstić information content (AvgIpc) is 3.34. The smallest absolute Gasteiger partial charge is 0.356 e. The van der Waals surface area contributed by atoms with Gasteiger partial charge in [-0.2, -0.15) is 0 Å². The van der Waals surface area contributed by atoms with Gasteiger partial charge in [-0.1, -0.05) is 0 Å². The second-order valence-corrected chi connectivity index (χ2v) is 5.81. The molecule has 5 N–H and O–H groups in total. The molecule has 0 saturated heterocycles. The molecule has 3 aromatic heterocycles. The van der Waals surface area contributed by atoms with Gasteiger partial charge in [0, 0.05) is 12.4 Å². The minimum absolute atomic E-state index is 0.0527. The SMILES string of the molecule is CCOC(=O)c1c[nH]c(C(=O)OCC)c1N.CCOC(=O)c1c[nH]c2c(=O)[nH]cnc12. The van der Waals surface area contributed by atoms with Crippen molar-refractivity contribution < 1.29 is 28.6 Å². The van der Waals surface area contributed by atoms with Gasteiger partial charge in [-0.05, 0) is 20.8 Å². The van der Waals surface area contributed by atoms with Crippen molar-refractivity contribution in [3.63, 3.8) is 0 Å². The number of nitrogens with zero attached hydrogens (tertiary/aromatic N) is 1. The molecule has 3 heterocycles. The summed E-state index contributed by atoms with van der Waals surface area (Å²) >= 11 is 0. The molecule has 0 amide bonds. The van der Waals surface area contributed by atoms with E-state index in [0.29, 0.717) is 5.52 Å². The third-order valence-corrected chi connectivity index (χ3v) is 3.86. The number of rotatable bonds is 6. The van der Waals surface area contributed by atoms with Gasteiger partial charge in [-0.3, -0.25) is 4.79 Å². The number of aromatic amines is 3. The molecule has 0 aliphatic rings. The Kier molecular flexibility index (Phi) is 7.94. The molecule has 12 nitrogen and oxygen atoms in total. The molecule has 3 aromatic rings. The Morgan fingerprint density at radius 3 is 2.03 bits per heavy atom. The summed E-state index contributed by atoms with van der Waals surface area (Å²) in [5.74, 6) is -1.64. The molecule has 0 fully saturated rings. The van der Waals surface area contributed by atoms with Crippen LogP contribution in [0.4, 0.5) is 5.69 Å². The summed E-state index contributed by atoms with van der Waals surface area (Å²) in [4.78, 5) is 57.1. The number of nitrogens with two attached hydrogens (primary N) is 1. The maximum atomic E-state index is 11.4. The lowest BCUT2D eigenvalue weighted by atomic mass is 10.2. The van der Waals surface area contributed by atoms with Crippen molar-refractivity contribution in [3.05, 3.63) is 45.9 Å². The van der Waals surface area contributed by atoms with E-state index in [4.69, 9.17) is 19.9 Å². The van der Waals surface area contributed by atoms with Crippen LogP contribution in [0.5, 0.6) is 0 Å². The monoisotopic (exact) mass is 433 g/mol. The molecule has 166 valence electrons. The van der Waals surface area contributed by atoms with Crippen molar-refractivity contribution in [2.24, 2.45) is 0 Å². The van der Waals surface area contributed by atoms with Gasteiger partial charge in [-0.25, -0.2) is 19.4 Å². The van der Waals surface area contributed by atoms with Gasteiger partial charge in [0.15, 0.2) is 0 Å². The summed E-state index contributed by atoms with van der Waals surface area (Å²) < 4.78 is 14.4. The van der Waals surface area contributed by atoms with E-state index < -0.39 is 17.9 Å². The van der Waals surface area contributed by atoms with Crippen LogP contribution < -0.4 is 11.3 Å². The average molecular weight is 433 g/mol. The predicted octanol–water partition coefficient (Wildman–Crippen LogP) is 1.38. The normalized spacial score (nSPS) is 10.2. The van der Waals surface area contributed by atoms with Crippen LogP contribution >= 0.6 is 0 Å². The zero-order valence-corrected chi connectivity index (χ0v) is 17.2. The number of nitrogen functional groups attached to an aromatic ring is 1. The standard InChI is InChI=1S/C10H14N2O4.C9H9N3O3/c1-3-15-9(13)6-5-12-8(7(6)11)10(14)16-4-2;1-2-15-9(14)5-3-10-7-6(5)11-4-12-8(7)13/h5,12H,3-4,11H2,1-2H3;3-4,10H,2H2,1H3,(H,11,12,13). The molecule has 3 rings (SSSR count). The third kappa shape index (κ3) is 5.29. The Bertz CT molecular complexity index is 1090. The number of hydrogen-bond acceptors (Lipinski definition) is 9. The van der Waals surface area contributed by atoms with Crippen LogP contribution in [0.15, 0.2) is 23.5 Å². The number of esters is 3. The highest BCUT2D eigenvalue weighted by molar-refractivity contribution is 6.03. The van der Waals surface area contributed by atoms with Crippen LogP contribution in [0.3, 0.4) is 0 Å². The summed E-state index contributed by atoms with van der Waals surface area (Å²) in [6.45, 7) is 5.86. The number of aromatic nitrogens is 4. The maximum absolute atomic E-state index is 11.4. The van der Waals surface area contributed by atoms with Gasteiger partial charge in [0.25, 0.3) is 5.56 Å². The quantitative estimate of drug-likeness (QED) is 0.329. The van der Waals surface area contributed by atoms with Crippen molar-refractivity contribution >= 4 is 34.6 Å². The Balaban J connectivity index is 0.000000220. The highest BCUT2D eigenvalue weighted by Crippen LogP contribution is 2.18. The van der Waals surface area contributed by atoms with E-state index in [9.17, 15) is 19.2 Å². The van der Waals surface area contributed by atoms with Gasteiger partial charge in [0.1, 0.15) is 27.9 Å². The Morgan fingerprint density at radius 2 is 1.42 bits per heavy atom. The number of ether oxygens (including phenoxy) is 3. The van der Waals surface area contributed by atoms with E-state index in [-0.39, 0.29) is 53.4 Å². The highest BCUT2D eigenvalue weighted by atomic mass is 16.5. The first-order valence-corrected chi connectivity index (χ1v) is 9.38. The molecule has 0 aliphatic carbocycles. The van der Waals surface area contributed by atoms with Crippen molar-refractivity contribution in [3.8, 4) is 0 Å². The van der Waals surface area contributed by atoms with Crippen LogP contribution in [0, 0.1) is 0 Å². The van der Waals surface area contributed by atoms with Crippen molar-refractivity contribution in [2.75, 3.05) is 25.6 Å². The zero-order valence-electron chi connectivity index (χ0n) is 17.2. The van der Waals surface area contributed by atoms with E-state index in [0.717, 1.165) is 0 Å². The lowest BCUT2D eigenvalue weighted by Gasteiger charge is -2.02. The van der Waals surface area contributed by atoms with E-state index >= 15 is 0 Å². The molecule has 0 saturated carbocycles. The first-order valence-electron chi connectivity index (χ1n) is 9.38. The van der Waals surface area contributed by atoms with Crippen LogP contribution in [0.2, 0.25) is 0 Å². The van der Waals surface area contributed by atoms with Gasteiger partial charge in [-0.15, -0.1) is 0 Å². The zero-order chi connectivity index (χ0) is 23.0. The lowest BCUT2D eigenvalue weighted by Crippen LogP contribution is -2.10. The summed E-state index contributed by atoms with van der Waals surface area (Å²) in [6.07, 6.45) is 4.01. The van der Waals surface area contributed by atoms with Crippen molar-refractivity contribution in [1.82, 2.24) is 19.9 Å². The van der Waals surface area contributed by atoms with E-state index in [1.807, 2.05) is 0 Å². The fourth-order valence-electron chi connectivity index (χ4n) is 2.50. The first kappa shape index (κ1) is 23.2. The molecular formula is C19H23N5O7. The summed E-state index contributed by atoms with van der Waals surface area (Å²) in [6, 6.07) is 0. The Hall–Kier alpha value is -4.09. The first-order chi connectivity index (χ1) is 14.8. The van der Waals surface area contributed by atoms with E-state index in [1.165, 1.54) is 18.7 Å². The maximum Gasteiger partial charge on any atom is 0.356 e. The number of carbonyl (C=O) groups is 3. The molecule has 0 radical (unpaired) electrons. The van der Waals surface area contributed by atoms with E-state index in [1.54, 1.807) is 20.8 Å². The molecule has 0 atom stereocenters. The van der Waals surface area contributed by atoms with Crippen molar-refractivity contribution in [2.45, 2.75) is 20.8 Å². The number of nitrogens with one attached hydrogen (secondary N) is 3. The fourth-order valence-corrected chi connectivity index (χ4v) is 2.50. The second-order valence-electron chi connectivity index (χ2n) is 5.81. The molecular weight excluding hydrogens is 410 g/mol. The van der Waals surface area contributed by atoms with Gasteiger partial charge in [0.2, 0.25) is 0 Å². The number of H-pyrrole nitrogens is 3. The number of hydrogen-bond donors (Lipinski definition) is 4. The highest BCUT2D eigenvalue weighted by Gasteiger charge is 2.21. The number of carbonyl (C=O) groups excluding carboxylic acids is 3. The number of anilines is 1. The fraction of sp³-hybridized carbons (Fsp3) is 0.316. The molecule has 0 unspecified atom stereocenters. The topological polar surface area (TPSA) is 182 Å². The Morgan fingerprint density at radius 1 is 0.871 bits per heavy atom. The van der Waals surface area contributed by atoms with Crippen LogP contribution in [0.25, 0.3) is 11.0 Å². The van der Waals surface area contributed by atoms with Gasteiger partial charge < -0.3 is 34.9 Å². The van der Waals surface area contributed by atoms with Gasteiger partial charge in [0.05, 0.1) is 31.8 Å². The molecule has 12 heteroatoms. The lowest BCUT2D eigenvalue weighted by molar-refractivity contribution is 0.0514.